The van der Waals surface area contributed by atoms with Crippen LogP contribution in [0.4, 0.5) is 0 Å². The predicted octanol–water partition coefficient (Wildman–Crippen LogP) is 22.2. The van der Waals surface area contributed by atoms with Crippen LogP contribution < -0.4 is 5.32 Å². The SMILES string of the molecule is CC/C=C\C/C=C\C/C=C\C/C=C\C/C=C\CCCCCCCCCC(=O)NC(COP(=O)(O)OCC[N+](C)(C)C)C(/C=C/CCCCCCCCCCCCC)OC(=O)CCCCCCCCC/C=C\C/C=C\C/C=C\C/C=C\CCCCC. The summed E-state index contributed by atoms with van der Waals surface area (Å²) in [5, 5.41) is 3.06. The Kier molecular flexibility index (Phi) is 60.8. The summed E-state index contributed by atoms with van der Waals surface area (Å²) < 4.78 is 30.8. The molecule has 2 N–H and O–H groups in total. The van der Waals surface area contributed by atoms with E-state index in [9.17, 15) is 19.0 Å². The van der Waals surface area contributed by atoms with Gasteiger partial charge in [0.25, 0.3) is 0 Å². The zero-order valence-corrected chi connectivity index (χ0v) is 56.7. The molecule has 0 rings (SSSR count). The Balaban J connectivity index is 5.22. The van der Waals surface area contributed by atoms with Crippen LogP contribution in [0.1, 0.15) is 290 Å². The molecule has 0 saturated heterocycles. The molecule has 0 saturated carbocycles. The van der Waals surface area contributed by atoms with Crippen molar-refractivity contribution < 1.29 is 37.3 Å². The first-order chi connectivity index (χ1) is 41.4. The van der Waals surface area contributed by atoms with E-state index in [4.69, 9.17) is 13.8 Å². The quantitative estimate of drug-likeness (QED) is 0.0205. The second-order valence-corrected chi connectivity index (χ2v) is 25.8. The first kappa shape index (κ1) is 81.4. The number of allylic oxidation sites excluding steroid dienone is 19. The van der Waals surface area contributed by atoms with Crippen LogP contribution in [0.25, 0.3) is 0 Å². The van der Waals surface area contributed by atoms with Crippen LogP contribution in [-0.2, 0) is 27.9 Å². The van der Waals surface area contributed by atoms with Crippen molar-refractivity contribution in [3.8, 4) is 0 Å². The van der Waals surface area contributed by atoms with Gasteiger partial charge in [0.2, 0.25) is 5.91 Å². The van der Waals surface area contributed by atoms with Gasteiger partial charge in [-0.25, -0.2) is 4.57 Å². The predicted molar refractivity (Wildman–Crippen MR) is 369 cm³/mol. The molecule has 1 amide bonds. The van der Waals surface area contributed by atoms with E-state index in [1.165, 1.54) is 122 Å². The van der Waals surface area contributed by atoms with Gasteiger partial charge >= 0.3 is 13.8 Å². The van der Waals surface area contributed by atoms with Gasteiger partial charge < -0.3 is 19.4 Å². The average molecular weight is 1200 g/mol. The summed E-state index contributed by atoms with van der Waals surface area (Å²) in [5.74, 6) is -0.532. The van der Waals surface area contributed by atoms with E-state index in [2.05, 4.69) is 135 Å². The van der Waals surface area contributed by atoms with Crippen molar-refractivity contribution in [3.63, 3.8) is 0 Å². The Morgan fingerprint density at radius 2 is 0.753 bits per heavy atom. The number of phosphoric acid groups is 1. The smallest absolute Gasteiger partial charge is 0.456 e. The van der Waals surface area contributed by atoms with Crippen molar-refractivity contribution in [1.82, 2.24) is 5.32 Å². The first-order valence-electron chi connectivity index (χ1n) is 34.9. The minimum absolute atomic E-state index is 0.0298. The van der Waals surface area contributed by atoms with Crippen LogP contribution in [0.3, 0.4) is 0 Å². The maximum absolute atomic E-state index is 13.6. The molecule has 10 heteroatoms. The number of esters is 1. The molecule has 0 spiro atoms. The molecule has 0 radical (unpaired) electrons. The van der Waals surface area contributed by atoms with Crippen molar-refractivity contribution >= 4 is 19.7 Å². The standard InChI is InChI=1S/C75H131N2O7P/c1-7-10-13-16-19-22-25-28-30-32-34-36-38-40-42-44-46-49-52-55-58-61-64-67-74(78)76-72(71-83-85(80,81)82-70-69-77(4,5)6)73(66-63-60-57-54-51-48-27-24-21-18-15-12-9-3)84-75(79)68-65-62-59-56-53-50-47-45-43-41-39-37-35-33-31-29-26-23-20-17-14-11-8-2/h10,13,19-20,22-23,28-31,34-37,40-43,63,66,72-73H,7-9,11-12,14-18,21,24-27,32-33,38-39,44-62,64-65,67-71H2,1-6H3,(H-,76,78,80,81)/p+1/b13-10-,22-19-,23-20-,30-28-,31-29-,36-34-,37-35-,42-40-,43-41-,66-63+. The zero-order valence-electron chi connectivity index (χ0n) is 55.8. The van der Waals surface area contributed by atoms with Crippen molar-refractivity contribution in [2.75, 3.05) is 40.9 Å². The number of rotatable bonds is 62. The van der Waals surface area contributed by atoms with Crippen molar-refractivity contribution in [2.45, 2.75) is 303 Å². The Hall–Kier alpha value is -3.59. The van der Waals surface area contributed by atoms with Gasteiger partial charge in [-0.05, 0) is 122 Å². The molecule has 0 aliphatic carbocycles. The molecule has 85 heavy (non-hydrogen) atoms. The number of amides is 1. The van der Waals surface area contributed by atoms with Gasteiger partial charge in [0.1, 0.15) is 19.3 Å². The molecule has 0 fully saturated rings. The molecule has 9 nitrogen and oxygen atoms in total. The molecule has 0 heterocycles. The van der Waals surface area contributed by atoms with E-state index in [-0.39, 0.29) is 31.5 Å². The lowest BCUT2D eigenvalue weighted by atomic mass is 10.0. The van der Waals surface area contributed by atoms with Crippen LogP contribution in [0.15, 0.2) is 122 Å². The lowest BCUT2D eigenvalue weighted by molar-refractivity contribution is -0.870. The molecule has 3 unspecified atom stereocenters. The summed E-state index contributed by atoms with van der Waals surface area (Å²) in [4.78, 5) is 37.9. The Morgan fingerprint density at radius 3 is 1.15 bits per heavy atom. The third-order valence-electron chi connectivity index (χ3n) is 14.9. The van der Waals surface area contributed by atoms with Crippen molar-refractivity contribution in [1.29, 1.82) is 0 Å². The number of likely N-dealkylation sites (N-methyl/N-ethyl adjacent to an activating group) is 1. The third kappa shape index (κ3) is 64.7. The number of carbonyl (C=O) groups excluding carboxylic acids is 2. The van der Waals surface area contributed by atoms with E-state index >= 15 is 0 Å². The third-order valence-corrected chi connectivity index (χ3v) is 15.9. The largest absolute Gasteiger partial charge is 0.472 e. The minimum atomic E-state index is -4.47. The second-order valence-electron chi connectivity index (χ2n) is 24.3. The number of carbonyl (C=O) groups is 2. The molecule has 0 aromatic carbocycles. The van der Waals surface area contributed by atoms with Gasteiger partial charge in [0, 0.05) is 12.8 Å². The van der Waals surface area contributed by atoms with Crippen LogP contribution in [-0.4, -0.2) is 74.3 Å². The fourth-order valence-electron chi connectivity index (χ4n) is 9.54. The van der Waals surface area contributed by atoms with Crippen LogP contribution in [0, 0.1) is 0 Å². The number of ether oxygens (including phenoxy) is 1. The highest BCUT2D eigenvalue weighted by Crippen LogP contribution is 2.43. The van der Waals surface area contributed by atoms with Crippen LogP contribution in [0.5, 0.6) is 0 Å². The van der Waals surface area contributed by atoms with E-state index in [0.717, 1.165) is 135 Å². The highest BCUT2D eigenvalue weighted by Gasteiger charge is 2.30. The molecule has 0 aromatic rings. The molecule has 0 aliphatic heterocycles. The van der Waals surface area contributed by atoms with E-state index < -0.39 is 20.0 Å². The maximum atomic E-state index is 13.6. The van der Waals surface area contributed by atoms with Gasteiger partial charge in [0.05, 0.1) is 33.8 Å². The van der Waals surface area contributed by atoms with Crippen molar-refractivity contribution in [2.24, 2.45) is 0 Å². The fraction of sp³-hybridized carbons (Fsp3) is 0.707. The summed E-state index contributed by atoms with van der Waals surface area (Å²) in [7, 11) is 1.47. The van der Waals surface area contributed by atoms with E-state index in [1.54, 1.807) is 0 Å². The lowest BCUT2D eigenvalue weighted by Crippen LogP contribution is -2.47. The summed E-state index contributed by atoms with van der Waals surface area (Å²) in [6.07, 6.45) is 89.1. The van der Waals surface area contributed by atoms with E-state index in [1.807, 2.05) is 33.3 Å². The van der Waals surface area contributed by atoms with Gasteiger partial charge in [-0.15, -0.1) is 0 Å². The fourth-order valence-corrected chi connectivity index (χ4v) is 10.3. The number of quaternary nitrogens is 1. The van der Waals surface area contributed by atoms with Crippen LogP contribution >= 0.6 is 7.82 Å². The Morgan fingerprint density at radius 1 is 0.424 bits per heavy atom. The van der Waals surface area contributed by atoms with Gasteiger partial charge in [-0.2, -0.15) is 0 Å². The number of unbranched alkanes of at least 4 members (excludes halogenated alkanes) is 28. The van der Waals surface area contributed by atoms with E-state index in [0.29, 0.717) is 17.4 Å². The summed E-state index contributed by atoms with van der Waals surface area (Å²) in [6, 6.07) is -0.869. The molecule has 0 bridgehead atoms. The van der Waals surface area contributed by atoms with Gasteiger partial charge in [-0.3, -0.25) is 18.6 Å². The maximum Gasteiger partial charge on any atom is 0.472 e. The molecule has 0 aromatic heterocycles. The van der Waals surface area contributed by atoms with Gasteiger partial charge in [-0.1, -0.05) is 277 Å². The molecule has 0 aliphatic rings. The first-order valence-corrected chi connectivity index (χ1v) is 36.4. The summed E-state index contributed by atoms with van der Waals surface area (Å²) in [6.45, 7) is 6.86. The second kappa shape index (κ2) is 63.4. The van der Waals surface area contributed by atoms with Crippen molar-refractivity contribution in [3.05, 3.63) is 122 Å². The van der Waals surface area contributed by atoms with Crippen LogP contribution in [0.2, 0.25) is 0 Å². The monoisotopic (exact) mass is 1200 g/mol. The average Bonchev–Trinajstić information content (AvgIpc) is 3.52. The Labute approximate surface area is 524 Å². The number of nitrogens with one attached hydrogen (secondary N) is 1. The lowest BCUT2D eigenvalue weighted by Gasteiger charge is -2.27. The molecular formula is C75H132N2O7P+. The highest BCUT2D eigenvalue weighted by atomic mass is 31.2. The molecule has 488 valence electrons. The minimum Gasteiger partial charge on any atom is -0.456 e. The molecule has 3 atom stereocenters. The molecular weight excluding hydrogens is 1070 g/mol. The summed E-state index contributed by atoms with van der Waals surface area (Å²) >= 11 is 0. The zero-order chi connectivity index (χ0) is 62.1. The van der Waals surface area contributed by atoms with Gasteiger partial charge in [0.15, 0.2) is 0 Å². The normalized spacial score (nSPS) is 14.3. The topological polar surface area (TPSA) is 111 Å². The highest BCUT2D eigenvalue weighted by molar-refractivity contribution is 7.47. The number of hydrogen-bond acceptors (Lipinski definition) is 6. The number of phosphoric ester groups is 1. The number of hydrogen-bond donors (Lipinski definition) is 2. The Bertz CT molecular complexity index is 1870. The number of nitrogens with zero attached hydrogens (tertiary/aromatic N) is 1. The summed E-state index contributed by atoms with van der Waals surface area (Å²) in [5.41, 5.74) is 0.